The zero-order chi connectivity index (χ0) is 32.0. The van der Waals surface area contributed by atoms with Crippen molar-refractivity contribution in [1.29, 1.82) is 0 Å². The average Bonchev–Trinajstić information content (AvgIpc) is 2.85. The number of H-pyrrole nitrogens is 2. The maximum absolute atomic E-state index is 12.3. The topological polar surface area (TPSA) is 169 Å². The van der Waals surface area contributed by atoms with Gasteiger partial charge in [-0.15, -0.1) is 23.2 Å². The Bertz CT molecular complexity index is 1820. The van der Waals surface area contributed by atoms with Gasteiger partial charge in [0.2, 0.25) is 16.6 Å². The van der Waals surface area contributed by atoms with E-state index in [0.29, 0.717) is 34.5 Å². The van der Waals surface area contributed by atoms with Crippen molar-refractivity contribution in [2.75, 3.05) is 5.34 Å². The summed E-state index contributed by atoms with van der Waals surface area (Å²) in [6.07, 6.45) is 1.09. The van der Waals surface area contributed by atoms with Gasteiger partial charge in [-0.3, -0.25) is 18.8 Å². The summed E-state index contributed by atoms with van der Waals surface area (Å²) in [4.78, 5) is 60.7. The number of fused-ring (bicyclic) bond motifs is 2. The monoisotopic (exact) mass is 660 g/mol. The highest BCUT2D eigenvalue weighted by atomic mass is 35.5. The Morgan fingerprint density at radius 3 is 1.64 bits per heavy atom. The molecule has 0 aliphatic carbocycles. The highest BCUT2D eigenvalue weighted by Crippen LogP contribution is 2.29. The average molecular weight is 662 g/mol. The van der Waals surface area contributed by atoms with Gasteiger partial charge >= 0.3 is 11.3 Å². The maximum Gasteiger partial charge on any atom is 0.337 e. The van der Waals surface area contributed by atoms with Crippen molar-refractivity contribution in [2.45, 2.75) is 88.0 Å². The molecule has 15 heteroatoms. The van der Waals surface area contributed by atoms with E-state index in [-0.39, 0.29) is 37.6 Å². The molecule has 0 aromatic carbocycles. The molecular formula is C27H34Cl2N4O7S2. The quantitative estimate of drug-likeness (QED) is 0.171. The van der Waals surface area contributed by atoms with E-state index < -0.39 is 32.4 Å². The van der Waals surface area contributed by atoms with E-state index in [9.17, 15) is 23.4 Å². The standard InChI is InChI=1S/C13H16N2O4S.C13H16N2O3S.CH2Cl2/c1-5-7-6-8(16)19-11-9(7)10(17)14-12(15-11)20(18)13(2,3)4;1-5-7-6-8(16)18-11-9(7)10(17)14-12(15-11)19-13(2,3)4;2-1-3/h6H,5H2,1-4H3,(H,14,15,17);6H,5H2,1-4H3,(H,14,15,17);1H2. The highest BCUT2D eigenvalue weighted by molar-refractivity contribution is 8.00. The van der Waals surface area contributed by atoms with Crippen molar-refractivity contribution in [3.05, 3.63) is 64.8 Å². The molecule has 0 saturated heterocycles. The second-order valence-corrected chi connectivity index (χ2v) is 15.5. The first-order valence-corrected chi connectivity index (χ1v) is 15.9. The molecule has 4 aromatic rings. The third-order valence-corrected chi connectivity index (χ3v) is 7.90. The van der Waals surface area contributed by atoms with E-state index in [1.165, 1.54) is 23.9 Å². The lowest BCUT2D eigenvalue weighted by molar-refractivity contribution is 0.539. The van der Waals surface area contributed by atoms with Crippen LogP contribution in [0.3, 0.4) is 0 Å². The molecule has 230 valence electrons. The Kier molecular flexibility index (Phi) is 12.3. The first kappa shape index (κ1) is 35.5. The van der Waals surface area contributed by atoms with Crippen molar-refractivity contribution in [1.82, 2.24) is 19.9 Å². The number of rotatable bonds is 4. The van der Waals surface area contributed by atoms with Crippen LogP contribution in [0.15, 0.2) is 50.5 Å². The first-order valence-electron chi connectivity index (χ1n) is 12.8. The minimum absolute atomic E-state index is 0.0198. The molecule has 4 aromatic heterocycles. The van der Waals surface area contributed by atoms with Crippen LogP contribution in [-0.2, 0) is 23.6 Å². The number of thioether (sulfide) groups is 1. The smallest absolute Gasteiger partial charge is 0.337 e. The van der Waals surface area contributed by atoms with Crippen LogP contribution in [0.2, 0.25) is 0 Å². The predicted octanol–water partition coefficient (Wildman–Crippen LogP) is 5.10. The molecule has 1 atom stereocenters. The minimum atomic E-state index is -1.51. The van der Waals surface area contributed by atoms with Crippen LogP contribution < -0.4 is 22.4 Å². The molecule has 0 saturated carbocycles. The lowest BCUT2D eigenvalue weighted by Crippen LogP contribution is -2.26. The number of aryl methyl sites for hydroxylation is 2. The maximum atomic E-state index is 12.3. The SMILES string of the molecule is CCc1cc(=O)oc2nc(S(=O)C(C)(C)C)[nH]c(=O)c12.CCc1cc(=O)oc2nc(SC(C)(C)C)[nH]c(=O)c12.ClCCl. The molecule has 1 unspecified atom stereocenters. The van der Waals surface area contributed by atoms with Crippen molar-refractivity contribution in [2.24, 2.45) is 0 Å². The summed E-state index contributed by atoms with van der Waals surface area (Å²) < 4.78 is 21.6. The van der Waals surface area contributed by atoms with Gasteiger partial charge in [0.15, 0.2) is 5.16 Å². The van der Waals surface area contributed by atoms with E-state index in [2.05, 4.69) is 19.9 Å². The Morgan fingerprint density at radius 2 is 1.24 bits per heavy atom. The van der Waals surface area contributed by atoms with Crippen LogP contribution in [0.1, 0.15) is 66.5 Å². The molecule has 0 fully saturated rings. The van der Waals surface area contributed by atoms with Crippen molar-refractivity contribution >= 4 is 68.0 Å². The largest absolute Gasteiger partial charge is 0.403 e. The summed E-state index contributed by atoms with van der Waals surface area (Å²) in [5, 5.41) is 1.27. The van der Waals surface area contributed by atoms with Gasteiger partial charge in [-0.05, 0) is 44.7 Å². The normalized spacial score (nSPS) is 12.3. The Labute approximate surface area is 258 Å². The summed E-state index contributed by atoms with van der Waals surface area (Å²) in [5.41, 5.74) is -0.481. The number of aromatic amines is 2. The molecule has 0 aliphatic rings. The van der Waals surface area contributed by atoms with Gasteiger partial charge in [-0.25, -0.2) is 9.59 Å². The minimum Gasteiger partial charge on any atom is -0.403 e. The molecule has 0 spiro atoms. The number of hydrogen-bond acceptors (Lipinski definition) is 10. The summed E-state index contributed by atoms with van der Waals surface area (Å²) >= 11 is 10.9. The zero-order valence-corrected chi connectivity index (χ0v) is 27.7. The summed E-state index contributed by atoms with van der Waals surface area (Å²) in [6.45, 7) is 15.1. The molecule has 0 amide bonds. The van der Waals surface area contributed by atoms with Crippen LogP contribution in [0.4, 0.5) is 0 Å². The predicted molar refractivity (Wildman–Crippen MR) is 169 cm³/mol. The fraction of sp³-hybridized carbons (Fsp3) is 0.481. The second-order valence-electron chi connectivity index (χ2n) is 10.7. The van der Waals surface area contributed by atoms with Gasteiger partial charge in [-0.2, -0.15) is 9.97 Å². The molecule has 4 heterocycles. The van der Waals surface area contributed by atoms with Crippen molar-refractivity contribution < 1.29 is 13.0 Å². The third-order valence-electron chi connectivity index (χ3n) is 5.25. The van der Waals surface area contributed by atoms with Gasteiger partial charge in [-0.1, -0.05) is 46.4 Å². The number of nitrogens with one attached hydrogen (secondary N) is 2. The van der Waals surface area contributed by atoms with Crippen LogP contribution >= 0.6 is 35.0 Å². The molecule has 4 rings (SSSR count). The fourth-order valence-electron chi connectivity index (χ4n) is 3.53. The number of aromatic nitrogens is 4. The van der Waals surface area contributed by atoms with Gasteiger partial charge in [0.05, 0.1) is 16.1 Å². The lowest BCUT2D eigenvalue weighted by atomic mass is 10.1. The Balaban J connectivity index is 0.000000269. The fourth-order valence-corrected chi connectivity index (χ4v) is 5.32. The third kappa shape index (κ3) is 9.38. The zero-order valence-electron chi connectivity index (χ0n) is 24.6. The van der Waals surface area contributed by atoms with Gasteiger partial charge in [0.25, 0.3) is 11.1 Å². The van der Waals surface area contributed by atoms with Crippen molar-refractivity contribution in [3.8, 4) is 0 Å². The van der Waals surface area contributed by atoms with Gasteiger partial charge in [0, 0.05) is 21.6 Å². The van der Waals surface area contributed by atoms with Gasteiger partial charge in [0.1, 0.15) is 10.8 Å². The molecular weight excluding hydrogens is 627 g/mol. The lowest BCUT2D eigenvalue weighted by Gasteiger charge is -2.16. The number of nitrogens with zero attached hydrogens (tertiary/aromatic N) is 2. The van der Waals surface area contributed by atoms with Gasteiger partial charge < -0.3 is 13.8 Å². The van der Waals surface area contributed by atoms with Crippen LogP contribution in [0.25, 0.3) is 22.2 Å². The molecule has 42 heavy (non-hydrogen) atoms. The Hall–Kier alpha value is -2.74. The van der Waals surface area contributed by atoms with Crippen LogP contribution in [0.5, 0.6) is 0 Å². The van der Waals surface area contributed by atoms with Crippen molar-refractivity contribution in [3.63, 3.8) is 0 Å². The van der Waals surface area contributed by atoms with E-state index in [4.69, 9.17) is 32.0 Å². The van der Waals surface area contributed by atoms with E-state index >= 15 is 0 Å². The number of hydrogen-bond donors (Lipinski definition) is 2. The molecule has 11 nitrogen and oxygen atoms in total. The first-order chi connectivity index (χ1) is 19.4. The molecule has 0 bridgehead atoms. The van der Waals surface area contributed by atoms with E-state index in [1.807, 2.05) is 34.6 Å². The summed E-state index contributed by atoms with van der Waals surface area (Å²) in [7, 11) is -1.51. The molecule has 0 radical (unpaired) electrons. The van der Waals surface area contributed by atoms with Crippen LogP contribution in [0, 0.1) is 0 Å². The summed E-state index contributed by atoms with van der Waals surface area (Å²) in [5.74, 6) is 0. The van der Waals surface area contributed by atoms with E-state index in [1.54, 1.807) is 20.8 Å². The molecule has 2 N–H and O–H groups in total. The Morgan fingerprint density at radius 1 is 0.810 bits per heavy atom. The summed E-state index contributed by atoms with van der Waals surface area (Å²) in [6, 6.07) is 2.62. The van der Waals surface area contributed by atoms with E-state index in [0.717, 1.165) is 0 Å². The number of halogens is 2. The molecule has 0 aliphatic heterocycles. The van der Waals surface area contributed by atoms with Crippen LogP contribution in [-0.4, -0.2) is 39.0 Å². The second kappa shape index (κ2) is 14.6. The number of alkyl halides is 2. The highest BCUT2D eigenvalue weighted by Gasteiger charge is 2.25.